The fourth-order valence-corrected chi connectivity index (χ4v) is 3.35. The third kappa shape index (κ3) is 5.17. The second-order valence-electron chi connectivity index (χ2n) is 5.19. The van der Waals surface area contributed by atoms with Crippen LogP contribution in [0.2, 0.25) is 5.02 Å². The van der Waals surface area contributed by atoms with Gasteiger partial charge in [0, 0.05) is 22.9 Å². The number of ether oxygens (including phenoxy) is 1. The Morgan fingerprint density at radius 3 is 2.80 bits per heavy atom. The highest BCUT2D eigenvalue weighted by atomic mass is 35.5. The molecule has 2 rings (SSSR count). The molecular weight excluding hydrogens is 294 g/mol. The summed E-state index contributed by atoms with van der Waals surface area (Å²) in [5.74, 6) is 0.733. The van der Waals surface area contributed by atoms with Crippen LogP contribution in [0.5, 0.6) is 5.75 Å². The van der Waals surface area contributed by atoms with Gasteiger partial charge in [0.05, 0.1) is 0 Å². The van der Waals surface area contributed by atoms with Crippen LogP contribution in [0.1, 0.15) is 19.3 Å². The maximum atomic E-state index is 9.93. The zero-order valence-corrected chi connectivity index (χ0v) is 13.3. The lowest BCUT2D eigenvalue weighted by Gasteiger charge is -2.17. The predicted octanol–water partition coefficient (Wildman–Crippen LogP) is 2.95. The van der Waals surface area contributed by atoms with E-state index in [4.69, 9.17) is 16.3 Å². The molecule has 3 unspecified atom stereocenters. The summed E-state index contributed by atoms with van der Waals surface area (Å²) in [6.45, 7) is 0.882. The minimum Gasteiger partial charge on any atom is -0.491 e. The van der Waals surface area contributed by atoms with Gasteiger partial charge in [0.2, 0.25) is 0 Å². The van der Waals surface area contributed by atoms with Crippen LogP contribution in [0, 0.1) is 0 Å². The first-order chi connectivity index (χ1) is 9.67. The second-order valence-corrected chi connectivity index (χ2v) is 6.77. The first-order valence-electron chi connectivity index (χ1n) is 7.00. The van der Waals surface area contributed by atoms with Gasteiger partial charge in [-0.05, 0) is 49.8 Å². The molecule has 20 heavy (non-hydrogen) atoms. The number of nitrogens with one attached hydrogen (secondary N) is 1. The van der Waals surface area contributed by atoms with Crippen LogP contribution in [0.4, 0.5) is 0 Å². The summed E-state index contributed by atoms with van der Waals surface area (Å²) in [5.41, 5.74) is 0. The topological polar surface area (TPSA) is 41.5 Å². The van der Waals surface area contributed by atoms with Crippen LogP contribution in [0.3, 0.4) is 0 Å². The van der Waals surface area contributed by atoms with Gasteiger partial charge >= 0.3 is 0 Å². The van der Waals surface area contributed by atoms with Crippen molar-refractivity contribution in [1.82, 2.24) is 5.32 Å². The van der Waals surface area contributed by atoms with Gasteiger partial charge in [0.15, 0.2) is 0 Å². The highest BCUT2D eigenvalue weighted by Gasteiger charge is 2.23. The second kappa shape index (κ2) is 8.13. The Balaban J connectivity index is 1.63. The molecule has 1 aliphatic carbocycles. The molecule has 3 nitrogen and oxygen atoms in total. The molecule has 1 fully saturated rings. The van der Waals surface area contributed by atoms with Crippen LogP contribution < -0.4 is 10.1 Å². The zero-order chi connectivity index (χ0) is 14.4. The quantitative estimate of drug-likeness (QED) is 0.812. The van der Waals surface area contributed by atoms with Crippen molar-refractivity contribution in [1.29, 1.82) is 0 Å². The van der Waals surface area contributed by atoms with E-state index in [1.165, 1.54) is 19.3 Å². The Morgan fingerprint density at radius 1 is 1.40 bits per heavy atom. The molecule has 1 saturated carbocycles. The fourth-order valence-electron chi connectivity index (χ4n) is 2.42. The molecule has 0 bridgehead atoms. The first-order valence-corrected chi connectivity index (χ1v) is 8.66. The van der Waals surface area contributed by atoms with Gasteiger partial charge < -0.3 is 15.2 Å². The number of benzene rings is 1. The van der Waals surface area contributed by atoms with E-state index in [2.05, 4.69) is 11.6 Å². The molecule has 2 N–H and O–H groups in total. The maximum absolute atomic E-state index is 9.93. The van der Waals surface area contributed by atoms with Gasteiger partial charge in [-0.3, -0.25) is 0 Å². The van der Waals surface area contributed by atoms with Gasteiger partial charge in [0.25, 0.3) is 0 Å². The van der Waals surface area contributed by atoms with Crippen molar-refractivity contribution in [3.63, 3.8) is 0 Å². The summed E-state index contributed by atoms with van der Waals surface area (Å²) < 4.78 is 5.53. The monoisotopic (exact) mass is 315 g/mol. The van der Waals surface area contributed by atoms with Crippen molar-refractivity contribution in [3.8, 4) is 5.75 Å². The molecular formula is C15H22ClNO2S. The lowest BCUT2D eigenvalue weighted by molar-refractivity contribution is 0.104. The molecule has 1 aromatic rings. The van der Waals surface area contributed by atoms with Gasteiger partial charge in [-0.2, -0.15) is 11.8 Å². The molecule has 0 spiro atoms. The number of halogens is 1. The van der Waals surface area contributed by atoms with Crippen molar-refractivity contribution in [2.45, 2.75) is 36.7 Å². The van der Waals surface area contributed by atoms with E-state index in [0.29, 0.717) is 24.2 Å². The molecule has 1 aromatic carbocycles. The molecule has 5 heteroatoms. The number of hydrogen-bond acceptors (Lipinski definition) is 4. The normalized spacial score (nSPS) is 23.8. The third-order valence-electron chi connectivity index (χ3n) is 3.62. The van der Waals surface area contributed by atoms with E-state index in [9.17, 15) is 5.11 Å². The Hall–Kier alpha value is -0.420. The molecule has 0 saturated heterocycles. The average Bonchev–Trinajstić information content (AvgIpc) is 2.92. The van der Waals surface area contributed by atoms with Crippen LogP contribution in [0.25, 0.3) is 0 Å². The van der Waals surface area contributed by atoms with E-state index >= 15 is 0 Å². The summed E-state index contributed by atoms with van der Waals surface area (Å²) in [5, 5.41) is 14.8. The summed E-state index contributed by atoms with van der Waals surface area (Å²) in [4.78, 5) is 0. The van der Waals surface area contributed by atoms with Crippen LogP contribution in [0.15, 0.2) is 24.3 Å². The predicted molar refractivity (Wildman–Crippen MR) is 85.9 cm³/mol. The summed E-state index contributed by atoms with van der Waals surface area (Å²) in [7, 11) is 0. The van der Waals surface area contributed by atoms with E-state index in [-0.39, 0.29) is 0 Å². The Bertz CT molecular complexity index is 401. The minimum atomic E-state index is -0.487. The largest absolute Gasteiger partial charge is 0.491 e. The summed E-state index contributed by atoms with van der Waals surface area (Å²) in [6.07, 6.45) is 5.36. The molecule has 3 atom stereocenters. The van der Waals surface area contributed by atoms with Crippen molar-refractivity contribution in [2.24, 2.45) is 0 Å². The van der Waals surface area contributed by atoms with Crippen molar-refractivity contribution < 1.29 is 9.84 Å². The first kappa shape index (κ1) is 16.0. The van der Waals surface area contributed by atoms with E-state index in [1.807, 2.05) is 23.9 Å². The maximum Gasteiger partial charge on any atom is 0.119 e. The lowest BCUT2D eigenvalue weighted by atomic mass is 10.2. The number of rotatable bonds is 7. The molecule has 1 aliphatic rings. The molecule has 0 aliphatic heterocycles. The van der Waals surface area contributed by atoms with Crippen molar-refractivity contribution in [2.75, 3.05) is 19.4 Å². The Labute approximate surface area is 130 Å². The number of hydrogen-bond donors (Lipinski definition) is 2. The standard InChI is InChI=1S/C15H22ClNO2S/c1-20-15-7-4-12(8-15)17-9-13(18)10-19-14-5-2-11(16)3-6-14/h2-3,5-6,12-13,15,17-18H,4,7-10H2,1H3. The van der Waals surface area contributed by atoms with E-state index < -0.39 is 6.10 Å². The summed E-state index contributed by atoms with van der Waals surface area (Å²) >= 11 is 7.74. The van der Waals surface area contributed by atoms with E-state index in [1.54, 1.807) is 12.1 Å². The van der Waals surface area contributed by atoms with Crippen molar-refractivity contribution >= 4 is 23.4 Å². The highest BCUT2D eigenvalue weighted by Crippen LogP contribution is 2.28. The average molecular weight is 316 g/mol. The Morgan fingerprint density at radius 2 is 2.15 bits per heavy atom. The molecule has 0 amide bonds. The minimum absolute atomic E-state index is 0.299. The molecule has 0 aromatic heterocycles. The van der Waals surface area contributed by atoms with Crippen LogP contribution >= 0.6 is 23.4 Å². The highest BCUT2D eigenvalue weighted by molar-refractivity contribution is 7.99. The number of aliphatic hydroxyl groups is 1. The zero-order valence-electron chi connectivity index (χ0n) is 11.7. The van der Waals surface area contributed by atoms with Gasteiger partial charge in [-0.1, -0.05) is 11.6 Å². The fraction of sp³-hybridized carbons (Fsp3) is 0.600. The van der Waals surface area contributed by atoms with Crippen molar-refractivity contribution in [3.05, 3.63) is 29.3 Å². The Kier molecular flexibility index (Phi) is 6.49. The molecule has 0 radical (unpaired) electrons. The van der Waals surface area contributed by atoms with Gasteiger partial charge in [-0.15, -0.1) is 0 Å². The molecule has 0 heterocycles. The number of thioether (sulfide) groups is 1. The van der Waals surface area contributed by atoms with Crippen LogP contribution in [-0.4, -0.2) is 41.9 Å². The summed E-state index contributed by atoms with van der Waals surface area (Å²) in [6, 6.07) is 7.72. The van der Waals surface area contributed by atoms with Gasteiger partial charge in [0.1, 0.15) is 18.5 Å². The molecule has 112 valence electrons. The smallest absolute Gasteiger partial charge is 0.119 e. The van der Waals surface area contributed by atoms with E-state index in [0.717, 1.165) is 11.0 Å². The van der Waals surface area contributed by atoms with Gasteiger partial charge in [-0.25, -0.2) is 0 Å². The lowest BCUT2D eigenvalue weighted by Crippen LogP contribution is -2.37. The number of aliphatic hydroxyl groups excluding tert-OH is 1. The SMILES string of the molecule is CSC1CCC(NCC(O)COc2ccc(Cl)cc2)C1. The third-order valence-corrected chi connectivity index (χ3v) is 4.96. The van der Waals surface area contributed by atoms with Crippen LogP contribution in [-0.2, 0) is 0 Å².